The highest BCUT2D eigenvalue weighted by molar-refractivity contribution is 5.79. The van der Waals surface area contributed by atoms with Gasteiger partial charge in [0.2, 0.25) is 5.91 Å². The average molecular weight is 295 g/mol. The number of amides is 1. The predicted octanol–water partition coefficient (Wildman–Crippen LogP) is 1.99. The van der Waals surface area contributed by atoms with E-state index in [0.717, 1.165) is 44.1 Å². The van der Waals surface area contributed by atoms with Crippen LogP contribution >= 0.6 is 0 Å². The maximum atomic E-state index is 12.3. The quantitative estimate of drug-likeness (QED) is 0.834. The van der Waals surface area contributed by atoms with Crippen molar-refractivity contribution in [1.29, 1.82) is 0 Å². The van der Waals surface area contributed by atoms with E-state index < -0.39 is 0 Å². The zero-order chi connectivity index (χ0) is 15.4. The molecular formula is C17H33N3O. The lowest BCUT2D eigenvalue weighted by Crippen LogP contribution is -2.48. The average Bonchev–Trinajstić information content (AvgIpc) is 2.37. The third-order valence-corrected chi connectivity index (χ3v) is 4.95. The number of nitrogens with zero attached hydrogens (tertiary/aromatic N) is 1. The van der Waals surface area contributed by atoms with Gasteiger partial charge in [-0.05, 0) is 44.4 Å². The fraction of sp³-hybridized carbons (Fsp3) is 0.941. The molecule has 5 atom stereocenters. The summed E-state index contributed by atoms with van der Waals surface area (Å²) in [6.45, 7) is 10.1. The van der Waals surface area contributed by atoms with E-state index in [-0.39, 0.29) is 23.9 Å². The summed E-state index contributed by atoms with van der Waals surface area (Å²) in [5.74, 6) is 1.90. The molecule has 0 radical (unpaired) electrons. The van der Waals surface area contributed by atoms with Crippen LogP contribution < -0.4 is 11.1 Å². The van der Waals surface area contributed by atoms with Crippen LogP contribution in [0.1, 0.15) is 52.9 Å². The van der Waals surface area contributed by atoms with Gasteiger partial charge in [0.15, 0.2) is 0 Å². The van der Waals surface area contributed by atoms with Crippen molar-refractivity contribution in [2.24, 2.45) is 23.5 Å². The van der Waals surface area contributed by atoms with Crippen LogP contribution in [-0.4, -0.2) is 42.5 Å². The second-order valence-electron chi connectivity index (χ2n) is 7.70. The Morgan fingerprint density at radius 3 is 2.52 bits per heavy atom. The summed E-state index contributed by atoms with van der Waals surface area (Å²) in [6, 6.07) is 0.446. The summed E-state index contributed by atoms with van der Waals surface area (Å²) in [6.07, 6.45) is 5.36. The number of piperidine rings is 1. The molecule has 0 aromatic rings. The molecule has 21 heavy (non-hydrogen) atoms. The minimum atomic E-state index is 0.135. The van der Waals surface area contributed by atoms with Crippen LogP contribution in [0.3, 0.4) is 0 Å². The molecule has 3 N–H and O–H groups in total. The Hall–Kier alpha value is -0.610. The van der Waals surface area contributed by atoms with Crippen molar-refractivity contribution in [2.75, 3.05) is 19.6 Å². The smallest absolute Gasteiger partial charge is 0.223 e. The van der Waals surface area contributed by atoms with E-state index in [4.69, 9.17) is 5.73 Å². The van der Waals surface area contributed by atoms with Gasteiger partial charge >= 0.3 is 0 Å². The van der Waals surface area contributed by atoms with Crippen LogP contribution in [0.5, 0.6) is 0 Å². The molecule has 0 aromatic heterocycles. The number of nitrogens with two attached hydrogens (primary N) is 1. The van der Waals surface area contributed by atoms with Crippen LogP contribution in [0.25, 0.3) is 0 Å². The molecule has 2 aliphatic rings. The molecule has 2 fully saturated rings. The molecule has 0 bridgehead atoms. The minimum Gasteiger partial charge on any atom is -0.352 e. The molecule has 0 aromatic carbocycles. The highest BCUT2D eigenvalue weighted by Crippen LogP contribution is 2.24. The fourth-order valence-electron chi connectivity index (χ4n) is 4.20. The number of carbonyl (C=O) groups is 1. The largest absolute Gasteiger partial charge is 0.352 e. The van der Waals surface area contributed by atoms with E-state index in [9.17, 15) is 4.79 Å². The van der Waals surface area contributed by atoms with Crippen molar-refractivity contribution >= 4 is 5.91 Å². The molecule has 0 spiro atoms. The summed E-state index contributed by atoms with van der Waals surface area (Å²) in [7, 11) is 0. The maximum Gasteiger partial charge on any atom is 0.223 e. The molecule has 1 aliphatic carbocycles. The van der Waals surface area contributed by atoms with Gasteiger partial charge in [-0.1, -0.05) is 20.3 Å². The van der Waals surface area contributed by atoms with Crippen molar-refractivity contribution < 1.29 is 4.79 Å². The highest BCUT2D eigenvalue weighted by atomic mass is 16.1. The first-order valence-electron chi connectivity index (χ1n) is 8.72. The van der Waals surface area contributed by atoms with Crippen LogP contribution in [-0.2, 0) is 4.79 Å². The van der Waals surface area contributed by atoms with E-state index in [0.29, 0.717) is 0 Å². The van der Waals surface area contributed by atoms with Crippen molar-refractivity contribution in [3.63, 3.8) is 0 Å². The Morgan fingerprint density at radius 1 is 1.24 bits per heavy atom. The fourth-order valence-corrected chi connectivity index (χ4v) is 4.20. The second-order valence-corrected chi connectivity index (χ2v) is 7.70. The van der Waals surface area contributed by atoms with Gasteiger partial charge in [0, 0.05) is 37.6 Å². The first-order valence-corrected chi connectivity index (χ1v) is 8.72. The number of rotatable bonds is 4. The molecular weight excluding hydrogens is 262 g/mol. The summed E-state index contributed by atoms with van der Waals surface area (Å²) in [4.78, 5) is 14.8. The van der Waals surface area contributed by atoms with Gasteiger partial charge in [-0.25, -0.2) is 0 Å². The first-order chi connectivity index (χ1) is 9.94. The van der Waals surface area contributed by atoms with Crippen LogP contribution in [0.4, 0.5) is 0 Å². The molecule has 1 aliphatic heterocycles. The van der Waals surface area contributed by atoms with Gasteiger partial charge in [-0.15, -0.1) is 0 Å². The van der Waals surface area contributed by atoms with Crippen LogP contribution in [0.15, 0.2) is 0 Å². The molecule has 4 nitrogen and oxygen atoms in total. The molecule has 4 heteroatoms. The monoisotopic (exact) mass is 295 g/mol. The number of likely N-dealkylation sites (tertiary alicyclic amines) is 1. The third-order valence-electron chi connectivity index (χ3n) is 4.95. The van der Waals surface area contributed by atoms with E-state index >= 15 is 0 Å². The van der Waals surface area contributed by atoms with E-state index in [1.165, 1.54) is 19.5 Å². The Bertz CT molecular complexity index is 337. The summed E-state index contributed by atoms with van der Waals surface area (Å²) in [5, 5.41) is 3.21. The van der Waals surface area contributed by atoms with Crippen molar-refractivity contribution in [1.82, 2.24) is 10.2 Å². The lowest BCUT2D eigenvalue weighted by atomic mass is 9.85. The Labute approximate surface area is 129 Å². The van der Waals surface area contributed by atoms with E-state index in [1.807, 2.05) is 0 Å². The Kier molecular flexibility index (Phi) is 6.06. The Morgan fingerprint density at radius 2 is 1.90 bits per heavy atom. The third kappa shape index (κ3) is 5.26. The molecule has 1 amide bonds. The second kappa shape index (κ2) is 7.59. The number of nitrogens with one attached hydrogen (secondary N) is 1. The van der Waals surface area contributed by atoms with Crippen molar-refractivity contribution in [3.05, 3.63) is 0 Å². The SMILES string of the molecule is CC1CC(C)CN(CC(C)NC(=O)C2CCCC(N)C2)C1. The van der Waals surface area contributed by atoms with Gasteiger partial charge in [-0.3, -0.25) is 4.79 Å². The van der Waals surface area contributed by atoms with Crippen LogP contribution in [0, 0.1) is 17.8 Å². The zero-order valence-electron chi connectivity index (χ0n) is 14.0. The molecule has 1 saturated heterocycles. The molecule has 5 unspecified atom stereocenters. The van der Waals surface area contributed by atoms with Crippen molar-refractivity contribution in [3.8, 4) is 0 Å². The molecule has 122 valence electrons. The maximum absolute atomic E-state index is 12.3. The highest BCUT2D eigenvalue weighted by Gasteiger charge is 2.27. The van der Waals surface area contributed by atoms with Gasteiger partial charge in [0.25, 0.3) is 0 Å². The van der Waals surface area contributed by atoms with E-state index in [2.05, 4.69) is 31.0 Å². The number of hydrogen-bond acceptors (Lipinski definition) is 3. The van der Waals surface area contributed by atoms with Crippen molar-refractivity contribution in [2.45, 2.75) is 65.0 Å². The van der Waals surface area contributed by atoms with Gasteiger partial charge in [0.05, 0.1) is 0 Å². The topological polar surface area (TPSA) is 58.4 Å². The minimum absolute atomic E-state index is 0.135. The summed E-state index contributed by atoms with van der Waals surface area (Å²) in [5.41, 5.74) is 5.99. The Balaban J connectivity index is 1.75. The predicted molar refractivity (Wildman–Crippen MR) is 86.9 cm³/mol. The summed E-state index contributed by atoms with van der Waals surface area (Å²) < 4.78 is 0. The first kappa shape index (κ1) is 16.8. The molecule has 1 heterocycles. The lowest BCUT2D eigenvalue weighted by Gasteiger charge is -2.36. The van der Waals surface area contributed by atoms with Gasteiger partial charge < -0.3 is 16.0 Å². The molecule has 1 saturated carbocycles. The lowest BCUT2D eigenvalue weighted by molar-refractivity contribution is -0.126. The number of hydrogen-bond donors (Lipinski definition) is 2. The number of carbonyl (C=O) groups excluding carboxylic acids is 1. The van der Waals surface area contributed by atoms with Gasteiger partial charge in [0.1, 0.15) is 0 Å². The molecule has 2 rings (SSSR count). The zero-order valence-corrected chi connectivity index (χ0v) is 14.0. The normalized spacial score (nSPS) is 36.2. The standard InChI is InChI=1S/C17H33N3O/c1-12-7-13(2)10-20(9-12)11-14(3)19-17(21)15-5-4-6-16(18)8-15/h12-16H,4-11,18H2,1-3H3,(H,19,21). The van der Waals surface area contributed by atoms with E-state index in [1.54, 1.807) is 0 Å². The van der Waals surface area contributed by atoms with Gasteiger partial charge in [-0.2, -0.15) is 0 Å². The van der Waals surface area contributed by atoms with Crippen LogP contribution in [0.2, 0.25) is 0 Å². The summed E-state index contributed by atoms with van der Waals surface area (Å²) >= 11 is 0.